The van der Waals surface area contributed by atoms with E-state index in [2.05, 4.69) is 10.6 Å². The molecule has 0 aliphatic carbocycles. The smallest absolute Gasteiger partial charge is 0.414 e. The van der Waals surface area contributed by atoms with Crippen molar-refractivity contribution in [2.24, 2.45) is 0 Å². The number of carbonyl (C=O) groups is 2. The molecule has 2 amide bonds. The summed E-state index contributed by atoms with van der Waals surface area (Å²) in [6.07, 6.45) is -0.825. The molecule has 134 valence electrons. The molecule has 1 fully saturated rings. The molecule has 1 heterocycles. The zero-order chi connectivity index (χ0) is 18.5. The van der Waals surface area contributed by atoms with E-state index in [1.54, 1.807) is 48.5 Å². The van der Waals surface area contributed by atoms with Crippen molar-refractivity contribution in [3.63, 3.8) is 0 Å². The molecule has 2 aromatic carbocycles. The minimum Gasteiger partial charge on any atom is -0.442 e. The molecule has 1 aliphatic rings. The van der Waals surface area contributed by atoms with Crippen LogP contribution in [-0.2, 0) is 9.53 Å². The van der Waals surface area contributed by atoms with Crippen LogP contribution in [0.15, 0.2) is 59.4 Å². The van der Waals surface area contributed by atoms with Gasteiger partial charge in [0.05, 0.1) is 18.8 Å². The maximum Gasteiger partial charge on any atom is 0.414 e. The van der Waals surface area contributed by atoms with Crippen molar-refractivity contribution < 1.29 is 14.3 Å². The molecule has 1 aliphatic heterocycles. The van der Waals surface area contributed by atoms with Gasteiger partial charge in [0.2, 0.25) is 11.3 Å². The van der Waals surface area contributed by atoms with Crippen LogP contribution in [0.5, 0.6) is 0 Å². The van der Waals surface area contributed by atoms with Gasteiger partial charge in [-0.05, 0) is 36.4 Å². The van der Waals surface area contributed by atoms with E-state index in [1.165, 1.54) is 17.9 Å². The fraction of sp³-hybridized carbons (Fsp3) is 0.211. The summed E-state index contributed by atoms with van der Waals surface area (Å²) in [6, 6.07) is 15.6. The Morgan fingerprint density at radius 1 is 1.12 bits per heavy atom. The summed E-state index contributed by atoms with van der Waals surface area (Å²) in [7, 11) is 0. The van der Waals surface area contributed by atoms with Crippen LogP contribution in [0.3, 0.4) is 0 Å². The van der Waals surface area contributed by atoms with Gasteiger partial charge in [-0.2, -0.15) is 0 Å². The second-order valence-electron chi connectivity index (χ2n) is 5.91. The lowest BCUT2D eigenvalue weighted by Crippen LogP contribution is -2.33. The first-order valence-corrected chi connectivity index (χ1v) is 8.22. The van der Waals surface area contributed by atoms with Crippen molar-refractivity contribution in [3.05, 3.63) is 64.8 Å². The highest BCUT2D eigenvalue weighted by Crippen LogP contribution is 2.24. The Morgan fingerprint density at radius 2 is 1.85 bits per heavy atom. The number of ether oxygens (including phenoxy) is 1. The van der Waals surface area contributed by atoms with Crippen LogP contribution in [-0.4, -0.2) is 31.2 Å². The van der Waals surface area contributed by atoms with Gasteiger partial charge in [-0.25, -0.2) is 4.79 Å². The number of benzene rings is 1. The van der Waals surface area contributed by atoms with Gasteiger partial charge in [0.1, 0.15) is 6.10 Å². The summed E-state index contributed by atoms with van der Waals surface area (Å²) in [4.78, 5) is 36.4. The number of anilines is 3. The van der Waals surface area contributed by atoms with Crippen molar-refractivity contribution in [2.75, 3.05) is 23.3 Å². The molecule has 2 N–H and O–H groups in total. The fourth-order valence-electron chi connectivity index (χ4n) is 2.61. The molecule has 0 spiro atoms. The molecule has 0 saturated carbocycles. The Hall–Kier alpha value is -3.35. The number of carbonyl (C=O) groups excluding carboxylic acids is 2. The summed E-state index contributed by atoms with van der Waals surface area (Å²) in [5, 5.41) is 5.71. The van der Waals surface area contributed by atoms with Crippen LogP contribution in [0, 0.1) is 0 Å². The molecule has 0 aromatic heterocycles. The van der Waals surface area contributed by atoms with Crippen molar-refractivity contribution in [2.45, 2.75) is 13.0 Å². The first kappa shape index (κ1) is 17.5. The number of hydrogen-bond donors (Lipinski definition) is 2. The Balaban J connectivity index is 1.68. The summed E-state index contributed by atoms with van der Waals surface area (Å²) in [6.45, 7) is 2.07. The van der Waals surface area contributed by atoms with Gasteiger partial charge in [0.25, 0.3) is 0 Å². The highest BCUT2D eigenvalue weighted by molar-refractivity contribution is 5.90. The van der Waals surface area contributed by atoms with Crippen molar-refractivity contribution in [3.8, 4) is 0 Å². The van der Waals surface area contributed by atoms with E-state index in [4.69, 9.17) is 4.74 Å². The average Bonchev–Trinajstić information content (AvgIpc) is 2.87. The third-order valence-electron chi connectivity index (χ3n) is 3.91. The lowest BCUT2D eigenvalue weighted by atomic mass is 10.2. The third kappa shape index (κ3) is 4.18. The topological polar surface area (TPSA) is 87.7 Å². The Labute approximate surface area is 150 Å². The second-order valence-corrected chi connectivity index (χ2v) is 5.91. The Morgan fingerprint density at radius 3 is 2.58 bits per heavy atom. The van der Waals surface area contributed by atoms with E-state index in [-0.39, 0.29) is 24.0 Å². The van der Waals surface area contributed by atoms with E-state index in [1.807, 2.05) is 0 Å². The van der Waals surface area contributed by atoms with Crippen molar-refractivity contribution >= 4 is 29.1 Å². The van der Waals surface area contributed by atoms with Crippen LogP contribution >= 0.6 is 0 Å². The predicted molar refractivity (Wildman–Crippen MR) is 98.7 cm³/mol. The van der Waals surface area contributed by atoms with Gasteiger partial charge in [-0.3, -0.25) is 14.5 Å². The van der Waals surface area contributed by atoms with E-state index >= 15 is 0 Å². The summed E-state index contributed by atoms with van der Waals surface area (Å²) in [5.41, 5.74) is 1.79. The van der Waals surface area contributed by atoms with Crippen LogP contribution in [0.25, 0.3) is 0 Å². The normalized spacial score (nSPS) is 16.1. The highest BCUT2D eigenvalue weighted by atomic mass is 16.6. The number of hydrogen-bond acceptors (Lipinski definition) is 5. The molecular formula is C19H19N3O4. The summed E-state index contributed by atoms with van der Waals surface area (Å²) >= 11 is 0. The molecule has 7 heteroatoms. The third-order valence-corrected chi connectivity index (χ3v) is 3.91. The number of nitrogens with zero attached hydrogens (tertiary/aromatic N) is 1. The molecule has 0 bridgehead atoms. The molecule has 1 saturated heterocycles. The lowest BCUT2D eigenvalue weighted by Gasteiger charge is -2.14. The van der Waals surface area contributed by atoms with Crippen LogP contribution < -0.4 is 21.0 Å². The SMILES string of the molecule is CC(=O)NCC1CN(c2ccc(Nc3cccccc3=O)cc2)C(=O)O1. The first-order chi connectivity index (χ1) is 12.5. The summed E-state index contributed by atoms with van der Waals surface area (Å²) < 4.78 is 5.25. The zero-order valence-electron chi connectivity index (χ0n) is 14.3. The van der Waals surface area contributed by atoms with E-state index in [0.717, 1.165) is 5.69 Å². The van der Waals surface area contributed by atoms with Gasteiger partial charge >= 0.3 is 6.09 Å². The number of rotatable bonds is 5. The molecule has 3 rings (SSSR count). The first-order valence-electron chi connectivity index (χ1n) is 8.22. The number of amides is 2. The van der Waals surface area contributed by atoms with Crippen LogP contribution in [0.4, 0.5) is 21.9 Å². The molecule has 2 aromatic rings. The van der Waals surface area contributed by atoms with Gasteiger partial charge in [-0.15, -0.1) is 0 Å². The molecule has 0 radical (unpaired) electrons. The Kier molecular flexibility index (Phi) is 5.17. The Bertz CT molecular complexity index is 867. The van der Waals surface area contributed by atoms with E-state index in [0.29, 0.717) is 17.9 Å². The van der Waals surface area contributed by atoms with E-state index in [9.17, 15) is 14.4 Å². The zero-order valence-corrected chi connectivity index (χ0v) is 14.3. The average molecular weight is 353 g/mol. The largest absolute Gasteiger partial charge is 0.442 e. The molecule has 1 unspecified atom stereocenters. The minimum absolute atomic E-state index is 0.108. The molecule has 26 heavy (non-hydrogen) atoms. The minimum atomic E-state index is -0.446. The number of nitrogens with one attached hydrogen (secondary N) is 2. The monoisotopic (exact) mass is 353 g/mol. The number of cyclic esters (lactones) is 1. The highest BCUT2D eigenvalue weighted by Gasteiger charge is 2.32. The standard InChI is InChI=1S/C19H19N3O4/c1-13(23)20-11-16-12-22(19(25)26-16)15-9-7-14(8-10-15)21-17-5-3-2-4-6-18(17)24/h2-10,16H,11-12H2,1H3,(H,20,23)(H,21,24). The van der Waals surface area contributed by atoms with E-state index < -0.39 is 6.09 Å². The second kappa shape index (κ2) is 7.69. The quantitative estimate of drug-likeness (QED) is 0.861. The van der Waals surface area contributed by atoms with Crippen molar-refractivity contribution in [1.82, 2.24) is 5.32 Å². The predicted octanol–water partition coefficient (Wildman–Crippen LogP) is 2.25. The van der Waals surface area contributed by atoms with Crippen molar-refractivity contribution in [1.29, 1.82) is 0 Å². The van der Waals surface area contributed by atoms with Crippen LogP contribution in [0.1, 0.15) is 6.92 Å². The van der Waals surface area contributed by atoms with Gasteiger partial charge in [0.15, 0.2) is 0 Å². The maximum atomic E-state index is 12.0. The van der Waals surface area contributed by atoms with Crippen LogP contribution in [0.2, 0.25) is 0 Å². The van der Waals surface area contributed by atoms with Gasteiger partial charge in [-0.1, -0.05) is 18.2 Å². The maximum absolute atomic E-state index is 12.0. The summed E-state index contributed by atoms with van der Waals surface area (Å²) in [5.74, 6) is -0.165. The van der Waals surface area contributed by atoms with Gasteiger partial charge < -0.3 is 15.4 Å². The lowest BCUT2D eigenvalue weighted by molar-refractivity contribution is -0.119. The molecule has 1 atom stereocenters. The fourth-order valence-corrected chi connectivity index (χ4v) is 2.61. The molecule has 7 nitrogen and oxygen atoms in total. The molecular weight excluding hydrogens is 334 g/mol. The van der Waals surface area contributed by atoms with Gasteiger partial charge in [0, 0.05) is 18.3 Å².